The van der Waals surface area contributed by atoms with E-state index in [9.17, 15) is 4.39 Å². The second kappa shape index (κ2) is 9.25. The molecule has 3 heteroatoms. The Bertz CT molecular complexity index is 637. The highest BCUT2D eigenvalue weighted by molar-refractivity contribution is 5.68. The van der Waals surface area contributed by atoms with Crippen molar-refractivity contribution in [3.63, 3.8) is 0 Å². The fourth-order valence-corrected chi connectivity index (χ4v) is 3.32. The van der Waals surface area contributed by atoms with E-state index in [-0.39, 0.29) is 0 Å². The summed E-state index contributed by atoms with van der Waals surface area (Å²) in [5, 5.41) is 0. The molecule has 1 aliphatic carbocycles. The summed E-state index contributed by atoms with van der Waals surface area (Å²) in [5.74, 6) is -0.589. The van der Waals surface area contributed by atoms with Crippen LogP contribution in [0.4, 0.5) is 4.39 Å². The van der Waals surface area contributed by atoms with Crippen molar-refractivity contribution in [1.82, 2.24) is 0 Å². The first-order valence-corrected chi connectivity index (χ1v) is 10.0. The summed E-state index contributed by atoms with van der Waals surface area (Å²) in [5.41, 5.74) is 11.2. The molecular formula is C23H34FNO. The van der Waals surface area contributed by atoms with Crippen LogP contribution in [0.5, 0.6) is 5.75 Å². The summed E-state index contributed by atoms with van der Waals surface area (Å²) in [6.45, 7) is 7.88. The van der Waals surface area contributed by atoms with Gasteiger partial charge in [-0.05, 0) is 61.3 Å². The largest absolute Gasteiger partial charge is 0.458 e. The number of halogens is 1. The van der Waals surface area contributed by atoms with Crippen molar-refractivity contribution in [3.8, 4) is 5.75 Å². The first kappa shape index (κ1) is 20.5. The molecule has 2 rings (SSSR count). The molecule has 2 unspecified atom stereocenters. The fourth-order valence-electron chi connectivity index (χ4n) is 3.32. The average molecular weight is 360 g/mol. The molecule has 0 radical (unpaired) electrons. The van der Waals surface area contributed by atoms with E-state index in [1.165, 1.54) is 24.5 Å². The Morgan fingerprint density at radius 3 is 2.42 bits per heavy atom. The van der Waals surface area contributed by atoms with Crippen molar-refractivity contribution in [2.45, 2.75) is 78.5 Å². The van der Waals surface area contributed by atoms with Crippen LogP contribution in [0.3, 0.4) is 0 Å². The van der Waals surface area contributed by atoms with Gasteiger partial charge in [0.05, 0.1) is 0 Å². The number of hydrogen-bond acceptors (Lipinski definition) is 2. The van der Waals surface area contributed by atoms with E-state index in [1.807, 2.05) is 31.2 Å². The van der Waals surface area contributed by atoms with Crippen molar-refractivity contribution >= 4 is 5.57 Å². The maximum Gasteiger partial charge on any atom is 0.245 e. The lowest BCUT2D eigenvalue weighted by Crippen LogP contribution is -2.25. The molecule has 0 heterocycles. The summed E-state index contributed by atoms with van der Waals surface area (Å²) in [4.78, 5) is 0. The van der Waals surface area contributed by atoms with Gasteiger partial charge in [0, 0.05) is 25.5 Å². The molecule has 0 spiro atoms. The average Bonchev–Trinajstić information content (AvgIpc) is 2.54. The first-order valence-electron chi connectivity index (χ1n) is 10.0. The number of allylic oxidation sites excluding steroid dienone is 3. The molecule has 0 bridgehead atoms. The zero-order valence-corrected chi connectivity index (χ0v) is 16.8. The molecule has 1 fully saturated rings. The van der Waals surface area contributed by atoms with Crippen LogP contribution >= 0.6 is 0 Å². The molecule has 0 amide bonds. The molecule has 0 aromatic heterocycles. The second-order valence-corrected chi connectivity index (χ2v) is 7.63. The van der Waals surface area contributed by atoms with Crippen molar-refractivity contribution in [1.29, 1.82) is 0 Å². The SMILES string of the molecule is CCCC(C)(F)Oc1ccc(/C(=C/CC(N)=C2CCC2)C(C)CC)cc1. The van der Waals surface area contributed by atoms with E-state index in [0.29, 0.717) is 18.1 Å². The van der Waals surface area contributed by atoms with Crippen molar-refractivity contribution in [2.75, 3.05) is 0 Å². The maximum atomic E-state index is 14.3. The van der Waals surface area contributed by atoms with Crippen LogP contribution in [-0.2, 0) is 0 Å². The van der Waals surface area contributed by atoms with Gasteiger partial charge in [0.15, 0.2) is 0 Å². The highest BCUT2D eigenvalue weighted by Gasteiger charge is 2.23. The highest BCUT2D eigenvalue weighted by Crippen LogP contribution is 2.32. The van der Waals surface area contributed by atoms with Crippen LogP contribution < -0.4 is 10.5 Å². The number of alkyl halides is 1. The monoisotopic (exact) mass is 359 g/mol. The third-order valence-electron chi connectivity index (χ3n) is 5.31. The first-order chi connectivity index (χ1) is 12.4. The predicted molar refractivity (Wildman–Crippen MR) is 109 cm³/mol. The van der Waals surface area contributed by atoms with Crippen LogP contribution in [0.15, 0.2) is 41.6 Å². The molecule has 2 N–H and O–H groups in total. The predicted octanol–water partition coefficient (Wildman–Crippen LogP) is 6.77. The molecule has 2 atom stereocenters. The third-order valence-corrected chi connectivity index (χ3v) is 5.31. The Kier molecular flexibility index (Phi) is 7.31. The molecule has 26 heavy (non-hydrogen) atoms. The van der Waals surface area contributed by atoms with E-state index < -0.39 is 5.85 Å². The Morgan fingerprint density at radius 2 is 1.92 bits per heavy atom. The summed E-state index contributed by atoms with van der Waals surface area (Å²) in [6.07, 6.45) is 8.87. The molecule has 2 nitrogen and oxygen atoms in total. The molecular weight excluding hydrogens is 325 g/mol. The minimum Gasteiger partial charge on any atom is -0.458 e. The van der Waals surface area contributed by atoms with Gasteiger partial charge in [0.1, 0.15) is 5.75 Å². The Labute approximate surface area is 158 Å². The third kappa shape index (κ3) is 5.62. The quantitative estimate of drug-likeness (QED) is 0.528. The van der Waals surface area contributed by atoms with Gasteiger partial charge in [-0.25, -0.2) is 0 Å². The van der Waals surface area contributed by atoms with E-state index in [0.717, 1.165) is 43.4 Å². The minimum absolute atomic E-state index is 0.390. The van der Waals surface area contributed by atoms with Gasteiger partial charge in [-0.1, -0.05) is 44.6 Å². The van der Waals surface area contributed by atoms with Crippen LogP contribution in [-0.4, -0.2) is 5.85 Å². The van der Waals surface area contributed by atoms with Gasteiger partial charge < -0.3 is 10.5 Å². The van der Waals surface area contributed by atoms with Crippen molar-refractivity contribution in [3.05, 3.63) is 47.2 Å². The number of rotatable bonds is 9. The Morgan fingerprint density at radius 1 is 1.27 bits per heavy atom. The van der Waals surface area contributed by atoms with Gasteiger partial charge in [0.2, 0.25) is 5.85 Å². The van der Waals surface area contributed by atoms with Crippen LogP contribution in [0.1, 0.15) is 78.2 Å². The standard InChI is InChI=1S/C23H34FNO/c1-5-16-23(4,24)26-20-12-10-18(11-13-20)21(17(3)6-2)14-15-22(25)19-8-7-9-19/h10-14,17H,5-9,15-16,25H2,1-4H3/b21-14+. The summed E-state index contributed by atoms with van der Waals surface area (Å²) < 4.78 is 19.8. The zero-order valence-electron chi connectivity index (χ0n) is 16.8. The normalized spacial score (nSPS) is 18.0. The van der Waals surface area contributed by atoms with Gasteiger partial charge in [-0.3, -0.25) is 0 Å². The Balaban J connectivity index is 2.15. The van der Waals surface area contributed by atoms with Crippen molar-refractivity contribution < 1.29 is 9.13 Å². The van der Waals surface area contributed by atoms with Crippen LogP contribution in [0.2, 0.25) is 0 Å². The molecule has 0 aliphatic heterocycles. The van der Waals surface area contributed by atoms with E-state index in [2.05, 4.69) is 19.9 Å². The minimum atomic E-state index is -1.62. The van der Waals surface area contributed by atoms with Crippen LogP contribution in [0.25, 0.3) is 5.57 Å². The molecule has 1 aromatic carbocycles. The van der Waals surface area contributed by atoms with E-state index in [1.54, 1.807) is 0 Å². The smallest absolute Gasteiger partial charge is 0.245 e. The number of nitrogens with two attached hydrogens (primary N) is 1. The summed E-state index contributed by atoms with van der Waals surface area (Å²) >= 11 is 0. The maximum absolute atomic E-state index is 14.3. The van der Waals surface area contributed by atoms with Gasteiger partial charge in [-0.2, -0.15) is 4.39 Å². The molecule has 0 saturated heterocycles. The zero-order chi connectivity index (χ0) is 19.2. The van der Waals surface area contributed by atoms with Gasteiger partial charge in [-0.15, -0.1) is 0 Å². The number of benzene rings is 1. The van der Waals surface area contributed by atoms with Crippen LogP contribution in [0, 0.1) is 5.92 Å². The second-order valence-electron chi connectivity index (χ2n) is 7.63. The summed E-state index contributed by atoms with van der Waals surface area (Å²) in [6, 6.07) is 7.80. The molecule has 1 saturated carbocycles. The molecule has 1 aliphatic rings. The highest BCUT2D eigenvalue weighted by atomic mass is 19.2. The van der Waals surface area contributed by atoms with Crippen molar-refractivity contribution in [2.24, 2.45) is 11.7 Å². The van der Waals surface area contributed by atoms with E-state index >= 15 is 0 Å². The molecule has 144 valence electrons. The molecule has 1 aromatic rings. The lowest BCUT2D eigenvalue weighted by molar-refractivity contribution is -0.0517. The number of hydrogen-bond donors (Lipinski definition) is 1. The fraction of sp³-hybridized carbons (Fsp3) is 0.565. The topological polar surface area (TPSA) is 35.2 Å². The lowest BCUT2D eigenvalue weighted by atomic mass is 9.87. The van der Waals surface area contributed by atoms with Gasteiger partial charge in [0.25, 0.3) is 0 Å². The summed E-state index contributed by atoms with van der Waals surface area (Å²) in [7, 11) is 0. The number of ether oxygens (including phenoxy) is 1. The lowest BCUT2D eigenvalue weighted by Gasteiger charge is -2.22. The van der Waals surface area contributed by atoms with E-state index in [4.69, 9.17) is 10.5 Å². The Hall–Kier alpha value is -1.77. The van der Waals surface area contributed by atoms with Gasteiger partial charge >= 0.3 is 0 Å².